The van der Waals surface area contributed by atoms with E-state index in [0.29, 0.717) is 19.4 Å². The highest BCUT2D eigenvalue weighted by molar-refractivity contribution is 5.82. The third kappa shape index (κ3) is 2.53. The fourth-order valence-corrected chi connectivity index (χ4v) is 1.83. The fraction of sp³-hybridized carbons (Fsp3) is 0.385. The van der Waals surface area contributed by atoms with E-state index in [9.17, 15) is 4.79 Å². The topological polar surface area (TPSA) is 44.1 Å². The van der Waals surface area contributed by atoms with Gasteiger partial charge in [-0.3, -0.25) is 4.79 Å². The molecule has 0 radical (unpaired) electrons. The number of hydrogen-bond donors (Lipinski definition) is 0. The smallest absolute Gasteiger partial charge is 0.142 e. The lowest BCUT2D eigenvalue weighted by Gasteiger charge is -2.01. The lowest BCUT2D eigenvalue weighted by Crippen LogP contribution is -2.10. The average Bonchev–Trinajstić information content (AvgIpc) is 2.64. The molecule has 4 heteroatoms. The van der Waals surface area contributed by atoms with Gasteiger partial charge in [-0.15, -0.1) is 0 Å². The molecule has 17 heavy (non-hydrogen) atoms. The molecule has 0 N–H and O–H groups in total. The van der Waals surface area contributed by atoms with Crippen LogP contribution in [0.15, 0.2) is 24.3 Å². The molecule has 1 aromatic heterocycles. The summed E-state index contributed by atoms with van der Waals surface area (Å²) in [4.78, 5) is 16.1. The van der Waals surface area contributed by atoms with Gasteiger partial charge in [-0.25, -0.2) is 4.98 Å². The Hall–Kier alpha value is -1.68. The van der Waals surface area contributed by atoms with Gasteiger partial charge in [0, 0.05) is 20.6 Å². The van der Waals surface area contributed by atoms with Crippen molar-refractivity contribution in [3.8, 4) is 0 Å². The van der Waals surface area contributed by atoms with Crippen LogP contribution in [0.1, 0.15) is 12.2 Å². The summed E-state index contributed by atoms with van der Waals surface area (Å²) in [5, 5.41) is 0. The summed E-state index contributed by atoms with van der Waals surface area (Å²) in [5.74, 6) is 0.970. The molecule has 0 atom stereocenters. The predicted octanol–water partition coefficient (Wildman–Crippen LogP) is 1.72. The molecule has 0 aliphatic rings. The predicted molar refractivity (Wildman–Crippen MR) is 65.9 cm³/mol. The first-order valence-electron chi connectivity index (χ1n) is 5.63. The molecule has 0 fully saturated rings. The van der Waals surface area contributed by atoms with Gasteiger partial charge < -0.3 is 9.30 Å². The Morgan fingerprint density at radius 2 is 2.18 bits per heavy atom. The fourth-order valence-electron chi connectivity index (χ4n) is 1.83. The molecule has 2 rings (SSSR count). The van der Waals surface area contributed by atoms with E-state index in [1.165, 1.54) is 0 Å². The van der Waals surface area contributed by atoms with E-state index in [0.717, 1.165) is 16.9 Å². The van der Waals surface area contributed by atoms with Gasteiger partial charge in [-0.2, -0.15) is 0 Å². The summed E-state index contributed by atoms with van der Waals surface area (Å²) >= 11 is 0. The molecule has 0 saturated heterocycles. The number of benzene rings is 1. The number of methoxy groups -OCH3 is 1. The molecule has 4 nitrogen and oxygen atoms in total. The molecule has 0 spiro atoms. The zero-order chi connectivity index (χ0) is 12.3. The summed E-state index contributed by atoms with van der Waals surface area (Å²) in [6.45, 7) is 0.475. The second-order valence-corrected chi connectivity index (χ2v) is 4.03. The summed E-state index contributed by atoms with van der Waals surface area (Å²) in [5.41, 5.74) is 1.99. The second-order valence-electron chi connectivity index (χ2n) is 4.03. The van der Waals surface area contributed by atoms with Gasteiger partial charge in [0.25, 0.3) is 0 Å². The Balaban J connectivity index is 2.19. The van der Waals surface area contributed by atoms with E-state index >= 15 is 0 Å². The van der Waals surface area contributed by atoms with E-state index < -0.39 is 0 Å². The third-order valence-electron chi connectivity index (χ3n) is 2.82. The van der Waals surface area contributed by atoms with E-state index in [2.05, 4.69) is 4.98 Å². The minimum absolute atomic E-state index is 0.158. The summed E-state index contributed by atoms with van der Waals surface area (Å²) in [6.07, 6.45) is 0.814. The Labute approximate surface area is 100 Å². The number of ketones is 1. The largest absolute Gasteiger partial charge is 0.384 e. The molecule has 1 aromatic carbocycles. The van der Waals surface area contributed by atoms with Crippen LogP contribution in [0.4, 0.5) is 0 Å². The highest BCUT2D eigenvalue weighted by Gasteiger charge is 2.11. The molecule has 1 heterocycles. The minimum Gasteiger partial charge on any atom is -0.384 e. The van der Waals surface area contributed by atoms with E-state index in [1.807, 2.05) is 35.9 Å². The van der Waals surface area contributed by atoms with Gasteiger partial charge in [0.2, 0.25) is 0 Å². The minimum atomic E-state index is 0.158. The van der Waals surface area contributed by atoms with Gasteiger partial charge in [-0.1, -0.05) is 12.1 Å². The van der Waals surface area contributed by atoms with Crippen molar-refractivity contribution >= 4 is 16.8 Å². The molecule has 0 aliphatic heterocycles. The van der Waals surface area contributed by atoms with Crippen LogP contribution in [0.2, 0.25) is 0 Å². The highest BCUT2D eigenvalue weighted by Crippen LogP contribution is 2.14. The number of carbonyl (C=O) groups is 1. The number of aromatic nitrogens is 2. The molecular weight excluding hydrogens is 216 g/mol. The summed E-state index contributed by atoms with van der Waals surface area (Å²) in [7, 11) is 3.54. The number of carbonyl (C=O) groups excluding carboxylic acids is 1. The van der Waals surface area contributed by atoms with E-state index in [1.54, 1.807) is 7.11 Å². The molecule has 0 bridgehead atoms. The van der Waals surface area contributed by atoms with Gasteiger partial charge >= 0.3 is 0 Å². The zero-order valence-corrected chi connectivity index (χ0v) is 10.1. The van der Waals surface area contributed by atoms with Gasteiger partial charge in [0.1, 0.15) is 11.6 Å². The number of rotatable bonds is 5. The zero-order valence-electron chi connectivity index (χ0n) is 10.1. The molecule has 0 amide bonds. The number of Topliss-reactive ketones (excluding diaryl/α,β-unsaturated/α-hetero) is 1. The molecule has 2 aromatic rings. The van der Waals surface area contributed by atoms with Crippen molar-refractivity contribution < 1.29 is 9.53 Å². The lowest BCUT2D eigenvalue weighted by atomic mass is 10.2. The molecule has 90 valence electrons. The standard InChI is InChI=1S/C13H16N2O2/c1-15-12-6-4-3-5-11(12)14-13(15)9-10(16)7-8-17-2/h3-6H,7-9H2,1-2H3. The first kappa shape index (κ1) is 11.8. The Bertz CT molecular complexity index is 531. The number of para-hydroxylation sites is 2. The van der Waals surface area contributed by atoms with Crippen molar-refractivity contribution in [2.75, 3.05) is 13.7 Å². The second kappa shape index (κ2) is 5.10. The quantitative estimate of drug-likeness (QED) is 0.788. The van der Waals surface area contributed by atoms with Crippen molar-refractivity contribution in [2.24, 2.45) is 7.05 Å². The molecule has 0 saturated carbocycles. The van der Waals surface area contributed by atoms with Crippen LogP contribution < -0.4 is 0 Å². The van der Waals surface area contributed by atoms with Crippen molar-refractivity contribution in [1.29, 1.82) is 0 Å². The van der Waals surface area contributed by atoms with Crippen LogP contribution in [-0.2, 0) is 23.0 Å². The van der Waals surface area contributed by atoms with Gasteiger partial charge in [0.15, 0.2) is 0 Å². The van der Waals surface area contributed by atoms with Gasteiger partial charge in [-0.05, 0) is 12.1 Å². The van der Waals surface area contributed by atoms with Crippen LogP contribution in [0, 0.1) is 0 Å². The number of nitrogens with zero attached hydrogens (tertiary/aromatic N) is 2. The van der Waals surface area contributed by atoms with E-state index in [-0.39, 0.29) is 5.78 Å². The van der Waals surface area contributed by atoms with Crippen molar-refractivity contribution in [1.82, 2.24) is 9.55 Å². The normalized spacial score (nSPS) is 10.9. The van der Waals surface area contributed by atoms with Crippen molar-refractivity contribution in [3.63, 3.8) is 0 Å². The number of imidazole rings is 1. The first-order valence-corrected chi connectivity index (χ1v) is 5.63. The first-order chi connectivity index (χ1) is 8.22. The third-order valence-corrected chi connectivity index (χ3v) is 2.82. The SMILES string of the molecule is COCCC(=O)Cc1nc2ccccc2n1C. The Morgan fingerprint density at radius 1 is 1.41 bits per heavy atom. The van der Waals surface area contributed by atoms with Crippen molar-refractivity contribution in [3.05, 3.63) is 30.1 Å². The number of fused-ring (bicyclic) bond motifs is 1. The maximum Gasteiger partial charge on any atom is 0.142 e. The summed E-state index contributed by atoms with van der Waals surface area (Å²) < 4.78 is 6.86. The van der Waals surface area contributed by atoms with Gasteiger partial charge in [0.05, 0.1) is 24.1 Å². The Kier molecular flexibility index (Phi) is 3.54. The van der Waals surface area contributed by atoms with Crippen LogP contribution in [-0.4, -0.2) is 29.1 Å². The average molecular weight is 232 g/mol. The van der Waals surface area contributed by atoms with Crippen molar-refractivity contribution in [2.45, 2.75) is 12.8 Å². The number of ether oxygens (including phenoxy) is 1. The van der Waals surface area contributed by atoms with Crippen LogP contribution >= 0.6 is 0 Å². The number of aryl methyl sites for hydroxylation is 1. The molecular formula is C13H16N2O2. The highest BCUT2D eigenvalue weighted by atomic mass is 16.5. The van der Waals surface area contributed by atoms with Crippen LogP contribution in [0.25, 0.3) is 11.0 Å². The Morgan fingerprint density at radius 3 is 2.88 bits per heavy atom. The number of hydrogen-bond acceptors (Lipinski definition) is 3. The molecule has 0 unspecified atom stereocenters. The maximum absolute atomic E-state index is 11.7. The lowest BCUT2D eigenvalue weighted by molar-refractivity contribution is -0.119. The monoisotopic (exact) mass is 232 g/mol. The van der Waals surface area contributed by atoms with Crippen LogP contribution in [0.3, 0.4) is 0 Å². The van der Waals surface area contributed by atoms with Crippen LogP contribution in [0.5, 0.6) is 0 Å². The van der Waals surface area contributed by atoms with E-state index in [4.69, 9.17) is 4.74 Å². The maximum atomic E-state index is 11.7. The molecule has 0 aliphatic carbocycles. The summed E-state index contributed by atoms with van der Waals surface area (Å²) in [6, 6.07) is 7.89.